The lowest BCUT2D eigenvalue weighted by Crippen LogP contribution is -2.13. The fourth-order valence-electron chi connectivity index (χ4n) is 1.51. The van der Waals surface area contributed by atoms with Crippen molar-refractivity contribution in [2.75, 3.05) is 12.4 Å². The highest BCUT2D eigenvalue weighted by Gasteiger charge is 2.19. The molecule has 0 atom stereocenters. The van der Waals surface area contributed by atoms with Crippen molar-refractivity contribution < 1.29 is 4.74 Å². The maximum atomic E-state index is 5.21. The van der Waals surface area contributed by atoms with Gasteiger partial charge in [0.05, 0.1) is 7.11 Å². The van der Waals surface area contributed by atoms with E-state index in [1.165, 1.54) is 11.5 Å². The van der Waals surface area contributed by atoms with Crippen molar-refractivity contribution in [3.05, 3.63) is 29.7 Å². The van der Waals surface area contributed by atoms with E-state index in [2.05, 4.69) is 40.4 Å². The Morgan fingerprint density at radius 2 is 2.16 bits per heavy atom. The van der Waals surface area contributed by atoms with E-state index in [4.69, 9.17) is 4.74 Å². The van der Waals surface area contributed by atoms with Gasteiger partial charge in [-0.3, -0.25) is 0 Å². The SMILES string of the molecule is COc1ncccc1CNc1nc(C(C)(C)C)ns1. The zero-order chi connectivity index (χ0) is 13.9. The van der Waals surface area contributed by atoms with E-state index in [1.54, 1.807) is 13.3 Å². The molecule has 2 aromatic rings. The number of hydrogen-bond donors (Lipinski definition) is 1. The Labute approximate surface area is 117 Å². The quantitative estimate of drug-likeness (QED) is 0.932. The smallest absolute Gasteiger partial charge is 0.218 e. The Morgan fingerprint density at radius 3 is 2.79 bits per heavy atom. The molecule has 6 heteroatoms. The largest absolute Gasteiger partial charge is 0.481 e. The molecule has 0 saturated heterocycles. The average molecular weight is 278 g/mol. The molecule has 0 unspecified atom stereocenters. The monoisotopic (exact) mass is 278 g/mol. The van der Waals surface area contributed by atoms with Gasteiger partial charge in [0.1, 0.15) is 5.82 Å². The predicted octanol–water partition coefficient (Wildman–Crippen LogP) is 2.85. The van der Waals surface area contributed by atoms with Crippen LogP contribution in [0.15, 0.2) is 18.3 Å². The van der Waals surface area contributed by atoms with E-state index in [-0.39, 0.29) is 5.41 Å². The van der Waals surface area contributed by atoms with Crippen molar-refractivity contribution in [1.29, 1.82) is 0 Å². The van der Waals surface area contributed by atoms with Crippen molar-refractivity contribution >= 4 is 16.7 Å². The summed E-state index contributed by atoms with van der Waals surface area (Å²) in [6.45, 7) is 6.92. The lowest BCUT2D eigenvalue weighted by Gasteiger charge is -2.12. The first kappa shape index (κ1) is 13.7. The number of nitrogens with zero attached hydrogens (tertiary/aromatic N) is 3. The third-order valence-corrected chi connectivity index (χ3v) is 3.24. The van der Waals surface area contributed by atoms with Gasteiger partial charge >= 0.3 is 0 Å². The summed E-state index contributed by atoms with van der Waals surface area (Å²) in [6.07, 6.45) is 1.71. The van der Waals surface area contributed by atoms with Crippen LogP contribution in [0.3, 0.4) is 0 Å². The van der Waals surface area contributed by atoms with Crippen molar-refractivity contribution in [3.8, 4) is 5.88 Å². The maximum Gasteiger partial charge on any atom is 0.218 e. The summed E-state index contributed by atoms with van der Waals surface area (Å²) < 4.78 is 9.57. The van der Waals surface area contributed by atoms with Crippen molar-refractivity contribution in [2.45, 2.75) is 32.7 Å². The average Bonchev–Trinajstić information content (AvgIpc) is 2.85. The van der Waals surface area contributed by atoms with Crippen LogP contribution in [0.2, 0.25) is 0 Å². The zero-order valence-corrected chi connectivity index (χ0v) is 12.4. The molecule has 102 valence electrons. The van der Waals surface area contributed by atoms with Crippen LogP contribution in [-0.2, 0) is 12.0 Å². The number of anilines is 1. The van der Waals surface area contributed by atoms with Crippen molar-refractivity contribution in [2.24, 2.45) is 0 Å². The number of nitrogens with one attached hydrogen (secondary N) is 1. The Morgan fingerprint density at radius 1 is 1.37 bits per heavy atom. The van der Waals surface area contributed by atoms with Gasteiger partial charge in [0.15, 0.2) is 0 Å². The third kappa shape index (κ3) is 3.41. The molecule has 2 aromatic heterocycles. The van der Waals surface area contributed by atoms with E-state index >= 15 is 0 Å². The molecule has 19 heavy (non-hydrogen) atoms. The van der Waals surface area contributed by atoms with Gasteiger partial charge in [-0.1, -0.05) is 26.8 Å². The molecular weight excluding hydrogens is 260 g/mol. The normalized spacial score (nSPS) is 11.4. The number of rotatable bonds is 4. The second-order valence-corrected chi connectivity index (χ2v) is 5.95. The van der Waals surface area contributed by atoms with Crippen LogP contribution in [0.1, 0.15) is 32.2 Å². The molecule has 2 heterocycles. The van der Waals surface area contributed by atoms with Crippen LogP contribution in [0.25, 0.3) is 0 Å². The van der Waals surface area contributed by atoms with Crippen LogP contribution < -0.4 is 10.1 Å². The summed E-state index contributed by atoms with van der Waals surface area (Å²) in [5.74, 6) is 1.49. The lowest BCUT2D eigenvalue weighted by atomic mass is 9.96. The zero-order valence-electron chi connectivity index (χ0n) is 11.6. The highest BCUT2D eigenvalue weighted by Crippen LogP contribution is 2.23. The van der Waals surface area contributed by atoms with Gasteiger partial charge in [0.25, 0.3) is 0 Å². The predicted molar refractivity (Wildman–Crippen MR) is 76.7 cm³/mol. The first-order valence-corrected chi connectivity index (χ1v) is 6.84. The molecule has 0 radical (unpaired) electrons. The summed E-state index contributed by atoms with van der Waals surface area (Å²) >= 11 is 1.38. The molecule has 0 spiro atoms. The summed E-state index contributed by atoms with van der Waals surface area (Å²) in [7, 11) is 1.62. The number of ether oxygens (including phenoxy) is 1. The van der Waals surface area contributed by atoms with Gasteiger partial charge in [-0.25, -0.2) is 9.97 Å². The van der Waals surface area contributed by atoms with Gasteiger partial charge in [0.2, 0.25) is 11.0 Å². The number of aromatic nitrogens is 3. The van der Waals surface area contributed by atoms with Crippen LogP contribution in [0.5, 0.6) is 5.88 Å². The van der Waals surface area contributed by atoms with Gasteiger partial charge in [0, 0.05) is 35.3 Å². The Kier molecular flexibility index (Phi) is 3.99. The standard InChI is InChI=1S/C13H18N4OS/c1-13(2,3)11-16-12(19-17-11)15-8-9-6-5-7-14-10(9)18-4/h5-7H,8H2,1-4H3,(H,15,16,17). The van der Waals surface area contributed by atoms with Gasteiger partial charge in [-0.2, -0.15) is 4.37 Å². The van der Waals surface area contributed by atoms with Gasteiger partial charge < -0.3 is 10.1 Å². The van der Waals surface area contributed by atoms with E-state index < -0.39 is 0 Å². The summed E-state index contributed by atoms with van der Waals surface area (Å²) in [5, 5.41) is 4.07. The lowest BCUT2D eigenvalue weighted by molar-refractivity contribution is 0.393. The molecule has 0 bridgehead atoms. The van der Waals surface area contributed by atoms with Gasteiger partial charge in [-0.15, -0.1) is 0 Å². The molecule has 0 fully saturated rings. The fourth-order valence-corrected chi connectivity index (χ4v) is 2.26. The summed E-state index contributed by atoms with van der Waals surface area (Å²) in [6, 6.07) is 3.87. The van der Waals surface area contributed by atoms with E-state index in [0.717, 1.165) is 16.5 Å². The van der Waals surface area contributed by atoms with E-state index in [0.29, 0.717) is 12.4 Å². The second-order valence-electron chi connectivity index (χ2n) is 5.20. The van der Waals surface area contributed by atoms with Crippen LogP contribution >= 0.6 is 11.5 Å². The Bertz CT molecular complexity index is 548. The van der Waals surface area contributed by atoms with Crippen LogP contribution in [0.4, 0.5) is 5.13 Å². The van der Waals surface area contributed by atoms with Crippen molar-refractivity contribution in [3.63, 3.8) is 0 Å². The minimum absolute atomic E-state index is 0.0254. The van der Waals surface area contributed by atoms with Crippen molar-refractivity contribution in [1.82, 2.24) is 14.3 Å². The Balaban J connectivity index is 2.05. The number of pyridine rings is 1. The molecule has 0 saturated carbocycles. The number of hydrogen-bond acceptors (Lipinski definition) is 6. The molecule has 0 aliphatic heterocycles. The fraction of sp³-hybridized carbons (Fsp3) is 0.462. The molecule has 2 rings (SSSR count). The Hall–Kier alpha value is -1.69. The molecule has 1 N–H and O–H groups in total. The highest BCUT2D eigenvalue weighted by atomic mass is 32.1. The van der Waals surface area contributed by atoms with Gasteiger partial charge in [-0.05, 0) is 6.07 Å². The maximum absolute atomic E-state index is 5.21. The summed E-state index contributed by atoms with van der Waals surface area (Å²) in [5.41, 5.74) is 0.972. The van der Waals surface area contributed by atoms with E-state index in [1.807, 2.05) is 12.1 Å². The molecule has 0 aliphatic rings. The van der Waals surface area contributed by atoms with E-state index in [9.17, 15) is 0 Å². The molecule has 0 aromatic carbocycles. The minimum Gasteiger partial charge on any atom is -0.481 e. The van der Waals surface area contributed by atoms with Crippen LogP contribution in [-0.4, -0.2) is 21.5 Å². The topological polar surface area (TPSA) is 59.9 Å². The molecule has 5 nitrogen and oxygen atoms in total. The molecular formula is C13H18N4OS. The highest BCUT2D eigenvalue weighted by molar-refractivity contribution is 7.09. The van der Waals surface area contributed by atoms with Crippen LogP contribution in [0, 0.1) is 0 Å². The number of methoxy groups -OCH3 is 1. The summed E-state index contributed by atoms with van der Waals surface area (Å²) in [4.78, 5) is 8.65. The molecule has 0 amide bonds. The second kappa shape index (κ2) is 5.52. The minimum atomic E-state index is -0.0254. The third-order valence-electron chi connectivity index (χ3n) is 2.57. The first-order valence-electron chi connectivity index (χ1n) is 6.06. The first-order chi connectivity index (χ1) is 9.00. The molecule has 0 aliphatic carbocycles.